The maximum absolute atomic E-state index is 11.2. The molecule has 0 atom stereocenters. The Morgan fingerprint density at radius 3 is 3.12 bits per heavy atom. The van der Waals surface area contributed by atoms with Gasteiger partial charge in [0.2, 0.25) is 0 Å². The van der Waals surface area contributed by atoms with Gasteiger partial charge in [0.25, 0.3) is 0 Å². The summed E-state index contributed by atoms with van der Waals surface area (Å²) in [4.78, 5) is 17.5. The smallest absolute Gasteiger partial charge is 0.348 e. The molecule has 0 aliphatic heterocycles. The summed E-state index contributed by atoms with van der Waals surface area (Å²) in [6.45, 7) is 4.13. The Kier molecular flexibility index (Phi) is 2.86. The van der Waals surface area contributed by atoms with Crippen molar-refractivity contribution in [2.45, 2.75) is 6.92 Å². The molecular formula is C9H14N6O. The van der Waals surface area contributed by atoms with Crippen LogP contribution in [0.25, 0.3) is 5.65 Å². The summed E-state index contributed by atoms with van der Waals surface area (Å²) in [7, 11) is 0. The summed E-state index contributed by atoms with van der Waals surface area (Å²) in [6.07, 6.45) is 1.47. The Bertz CT molecular complexity index is 530. The fourth-order valence-electron chi connectivity index (χ4n) is 1.56. The first-order valence-corrected chi connectivity index (χ1v) is 5.14. The minimum Gasteiger partial charge on any atom is -0.355 e. The van der Waals surface area contributed by atoms with Gasteiger partial charge in [-0.1, -0.05) is 0 Å². The van der Waals surface area contributed by atoms with Gasteiger partial charge < -0.3 is 10.6 Å². The van der Waals surface area contributed by atoms with Gasteiger partial charge in [-0.25, -0.2) is 19.3 Å². The predicted octanol–water partition coefficient (Wildman–Crippen LogP) is -0.797. The number of likely N-dealkylation sites (N-methyl/N-ethyl adjacent to an activating group) is 1. The molecule has 2 aromatic heterocycles. The second-order valence-corrected chi connectivity index (χ2v) is 3.37. The van der Waals surface area contributed by atoms with Crippen LogP contribution >= 0.6 is 0 Å². The summed E-state index contributed by atoms with van der Waals surface area (Å²) in [5, 5.41) is 6.25. The molecule has 0 aromatic carbocycles. The number of anilines is 1. The summed E-state index contributed by atoms with van der Waals surface area (Å²) >= 11 is 0. The van der Waals surface area contributed by atoms with Crippen LogP contribution in [-0.4, -0.2) is 39.2 Å². The molecule has 0 radical (unpaired) electrons. The van der Waals surface area contributed by atoms with Gasteiger partial charge in [0.1, 0.15) is 12.1 Å². The first kappa shape index (κ1) is 10.6. The zero-order chi connectivity index (χ0) is 11.5. The highest BCUT2D eigenvalue weighted by Crippen LogP contribution is 2.10. The van der Waals surface area contributed by atoms with Crippen molar-refractivity contribution in [1.82, 2.24) is 19.6 Å². The van der Waals surface area contributed by atoms with Gasteiger partial charge in [0, 0.05) is 25.7 Å². The highest BCUT2D eigenvalue weighted by Gasteiger charge is 2.07. The molecule has 0 aliphatic rings. The number of hydrogen-bond acceptors (Lipinski definition) is 5. The molecule has 16 heavy (non-hydrogen) atoms. The molecule has 0 unspecified atom stereocenters. The fraction of sp³-hybridized carbons (Fsp3) is 0.444. The molecule has 0 aliphatic carbocycles. The van der Waals surface area contributed by atoms with E-state index < -0.39 is 0 Å². The van der Waals surface area contributed by atoms with E-state index in [4.69, 9.17) is 5.73 Å². The lowest BCUT2D eigenvalue weighted by Gasteiger charge is -2.20. The van der Waals surface area contributed by atoms with Crippen LogP contribution in [0, 0.1) is 0 Å². The lowest BCUT2D eigenvalue weighted by molar-refractivity contribution is 0.797. The lowest BCUT2D eigenvalue weighted by atomic mass is 10.4. The first-order valence-electron chi connectivity index (χ1n) is 5.14. The third kappa shape index (κ3) is 1.76. The summed E-state index contributed by atoms with van der Waals surface area (Å²) in [5.41, 5.74) is 5.79. The summed E-state index contributed by atoms with van der Waals surface area (Å²) in [5.74, 6) is 0.777. The van der Waals surface area contributed by atoms with Gasteiger partial charge >= 0.3 is 5.69 Å². The Morgan fingerprint density at radius 1 is 1.62 bits per heavy atom. The Morgan fingerprint density at radius 2 is 2.44 bits per heavy atom. The number of H-pyrrole nitrogens is 1. The Labute approximate surface area is 91.9 Å². The Balaban J connectivity index is 2.41. The van der Waals surface area contributed by atoms with E-state index in [2.05, 4.69) is 15.2 Å². The number of fused-ring (bicyclic) bond motifs is 1. The average Bonchev–Trinajstić information content (AvgIpc) is 2.67. The van der Waals surface area contributed by atoms with Crippen LogP contribution in [0.1, 0.15) is 6.92 Å². The van der Waals surface area contributed by atoms with Crippen LogP contribution in [0.3, 0.4) is 0 Å². The van der Waals surface area contributed by atoms with Crippen molar-refractivity contribution in [3.63, 3.8) is 0 Å². The van der Waals surface area contributed by atoms with E-state index in [1.165, 1.54) is 10.7 Å². The van der Waals surface area contributed by atoms with E-state index in [1.807, 2.05) is 11.8 Å². The van der Waals surface area contributed by atoms with Crippen molar-refractivity contribution in [2.24, 2.45) is 5.73 Å². The molecule has 2 aromatic rings. The first-order chi connectivity index (χ1) is 7.76. The molecule has 86 valence electrons. The van der Waals surface area contributed by atoms with Crippen molar-refractivity contribution < 1.29 is 0 Å². The average molecular weight is 222 g/mol. The Hall–Kier alpha value is -1.89. The molecule has 7 heteroatoms. The highest BCUT2D eigenvalue weighted by molar-refractivity contribution is 5.50. The molecule has 0 saturated carbocycles. The zero-order valence-electron chi connectivity index (χ0n) is 9.05. The summed E-state index contributed by atoms with van der Waals surface area (Å²) < 4.78 is 1.36. The molecule has 2 heterocycles. The van der Waals surface area contributed by atoms with E-state index in [0.717, 1.165) is 18.9 Å². The van der Waals surface area contributed by atoms with E-state index >= 15 is 0 Å². The van der Waals surface area contributed by atoms with Crippen molar-refractivity contribution in [2.75, 3.05) is 24.5 Å². The number of aromatic amines is 1. The van der Waals surface area contributed by atoms with E-state index in [-0.39, 0.29) is 5.69 Å². The number of hydrogen-bond donors (Lipinski definition) is 2. The maximum Gasteiger partial charge on any atom is 0.348 e. The van der Waals surface area contributed by atoms with Crippen molar-refractivity contribution >= 4 is 11.5 Å². The molecule has 0 spiro atoms. The number of nitrogens with two attached hydrogens (primary N) is 1. The number of aromatic nitrogens is 4. The van der Waals surface area contributed by atoms with E-state index in [0.29, 0.717) is 12.2 Å². The van der Waals surface area contributed by atoms with Crippen LogP contribution in [-0.2, 0) is 0 Å². The standard InChI is InChI=1S/C9H14N6O/c1-2-14(4-3-10)7-5-8-12-13-9(16)15(8)6-11-7/h5-6H,2-4,10H2,1H3,(H,13,16). The van der Waals surface area contributed by atoms with Gasteiger partial charge in [-0.3, -0.25) is 0 Å². The maximum atomic E-state index is 11.2. The molecule has 0 saturated heterocycles. The van der Waals surface area contributed by atoms with Gasteiger partial charge in [-0.05, 0) is 6.92 Å². The van der Waals surface area contributed by atoms with E-state index in [1.54, 1.807) is 6.07 Å². The largest absolute Gasteiger partial charge is 0.355 e. The van der Waals surface area contributed by atoms with Crippen molar-refractivity contribution in [1.29, 1.82) is 0 Å². The zero-order valence-corrected chi connectivity index (χ0v) is 9.05. The van der Waals surface area contributed by atoms with Crippen LogP contribution in [0.5, 0.6) is 0 Å². The van der Waals surface area contributed by atoms with Crippen LogP contribution in [0.2, 0.25) is 0 Å². The molecule has 0 fully saturated rings. The van der Waals surface area contributed by atoms with E-state index in [9.17, 15) is 4.79 Å². The third-order valence-corrected chi connectivity index (χ3v) is 2.40. The van der Waals surface area contributed by atoms with Crippen LogP contribution in [0.15, 0.2) is 17.2 Å². The molecule has 0 amide bonds. The molecule has 3 N–H and O–H groups in total. The van der Waals surface area contributed by atoms with Gasteiger partial charge in [0.05, 0.1) is 0 Å². The summed E-state index contributed by atoms with van der Waals surface area (Å²) in [6, 6.07) is 1.76. The lowest BCUT2D eigenvalue weighted by Crippen LogP contribution is -2.30. The topological polar surface area (TPSA) is 92.3 Å². The number of rotatable bonds is 4. The quantitative estimate of drug-likeness (QED) is 0.706. The monoisotopic (exact) mass is 222 g/mol. The second kappa shape index (κ2) is 4.31. The van der Waals surface area contributed by atoms with Crippen molar-refractivity contribution in [3.8, 4) is 0 Å². The van der Waals surface area contributed by atoms with Gasteiger partial charge in [0.15, 0.2) is 5.65 Å². The number of nitrogens with one attached hydrogen (secondary N) is 1. The molecule has 7 nitrogen and oxygen atoms in total. The minimum absolute atomic E-state index is 0.282. The van der Waals surface area contributed by atoms with Crippen LogP contribution < -0.4 is 16.3 Å². The normalized spacial score (nSPS) is 10.9. The van der Waals surface area contributed by atoms with Gasteiger partial charge in [-0.15, -0.1) is 0 Å². The molecule has 2 rings (SSSR count). The SMILES string of the molecule is CCN(CCN)c1cc2n[nH]c(=O)n2cn1. The second-order valence-electron chi connectivity index (χ2n) is 3.37. The fourth-order valence-corrected chi connectivity index (χ4v) is 1.56. The van der Waals surface area contributed by atoms with Crippen molar-refractivity contribution in [3.05, 3.63) is 22.9 Å². The molecular weight excluding hydrogens is 208 g/mol. The third-order valence-electron chi connectivity index (χ3n) is 2.40. The number of nitrogens with zero attached hydrogens (tertiary/aromatic N) is 4. The predicted molar refractivity (Wildman–Crippen MR) is 60.5 cm³/mol. The highest BCUT2D eigenvalue weighted by atomic mass is 16.1. The molecule has 0 bridgehead atoms. The minimum atomic E-state index is -0.282. The van der Waals surface area contributed by atoms with Gasteiger partial charge in [-0.2, -0.15) is 5.10 Å². The van der Waals surface area contributed by atoms with Crippen LogP contribution in [0.4, 0.5) is 5.82 Å².